The molecule has 4 rings (SSSR count). The molecule has 0 unspecified atom stereocenters. The van der Waals surface area contributed by atoms with Crippen LogP contribution in [0, 0.1) is 5.92 Å². The number of nitrogens with zero attached hydrogens (tertiary/aromatic N) is 3. The predicted molar refractivity (Wildman–Crippen MR) is 91.5 cm³/mol. The van der Waals surface area contributed by atoms with Gasteiger partial charge in [0.25, 0.3) is 0 Å². The first-order valence-electron chi connectivity index (χ1n) is 9.32. The number of ether oxygens (including phenoxy) is 1. The van der Waals surface area contributed by atoms with Gasteiger partial charge >= 0.3 is 0 Å². The lowest BCUT2D eigenvalue weighted by Gasteiger charge is -2.44. The van der Waals surface area contributed by atoms with Gasteiger partial charge < -0.3 is 14.5 Å². The van der Waals surface area contributed by atoms with E-state index in [1.54, 1.807) is 11.1 Å². The number of likely N-dealkylation sites (tertiary alicyclic amines) is 1. The molecule has 6 nitrogen and oxygen atoms in total. The van der Waals surface area contributed by atoms with Crippen molar-refractivity contribution < 1.29 is 14.3 Å². The molecule has 1 aromatic heterocycles. The fourth-order valence-corrected chi connectivity index (χ4v) is 4.38. The number of fused-ring (bicyclic) bond motifs is 1. The Kier molecular flexibility index (Phi) is 4.70. The van der Waals surface area contributed by atoms with E-state index in [2.05, 4.69) is 4.98 Å². The molecule has 2 amide bonds. The fraction of sp³-hybridized carbons (Fsp3) is 0.632. The van der Waals surface area contributed by atoms with Crippen molar-refractivity contribution in [1.82, 2.24) is 14.8 Å². The van der Waals surface area contributed by atoms with Crippen LogP contribution in [0.4, 0.5) is 0 Å². The van der Waals surface area contributed by atoms with E-state index in [1.165, 1.54) is 6.42 Å². The van der Waals surface area contributed by atoms with Gasteiger partial charge in [-0.1, -0.05) is 18.9 Å². The Morgan fingerprint density at radius 2 is 2.16 bits per heavy atom. The third-order valence-electron chi connectivity index (χ3n) is 5.66. The van der Waals surface area contributed by atoms with Crippen LogP contribution < -0.4 is 0 Å². The number of carbonyl (C=O) groups excluding carboxylic acids is 2. The topological polar surface area (TPSA) is 62.7 Å². The van der Waals surface area contributed by atoms with Gasteiger partial charge in [-0.25, -0.2) is 0 Å². The second-order valence-corrected chi connectivity index (χ2v) is 7.29. The molecule has 3 atom stereocenters. The Hall–Kier alpha value is -1.95. The quantitative estimate of drug-likeness (QED) is 0.836. The molecule has 25 heavy (non-hydrogen) atoms. The number of carbonyl (C=O) groups is 2. The number of pyridine rings is 1. The Morgan fingerprint density at radius 3 is 3.00 bits per heavy atom. The smallest absolute Gasteiger partial charge is 0.228 e. The van der Waals surface area contributed by atoms with Crippen molar-refractivity contribution in [1.29, 1.82) is 0 Å². The molecule has 0 bridgehead atoms. The van der Waals surface area contributed by atoms with Crippen LogP contribution >= 0.6 is 0 Å². The first-order chi connectivity index (χ1) is 12.2. The van der Waals surface area contributed by atoms with Gasteiger partial charge in [0, 0.05) is 25.7 Å². The molecular weight excluding hydrogens is 318 g/mol. The normalized spacial score (nSPS) is 29.6. The van der Waals surface area contributed by atoms with Crippen LogP contribution in [0.25, 0.3) is 0 Å². The summed E-state index contributed by atoms with van der Waals surface area (Å²) < 4.78 is 5.87. The summed E-state index contributed by atoms with van der Waals surface area (Å²) in [6.45, 7) is 2.26. The lowest BCUT2D eigenvalue weighted by atomic mass is 9.89. The molecule has 0 radical (unpaired) electrons. The lowest BCUT2D eigenvalue weighted by molar-refractivity contribution is -0.153. The molecule has 3 aliphatic rings. The summed E-state index contributed by atoms with van der Waals surface area (Å²) in [5.41, 5.74) is 0.864. The highest BCUT2D eigenvalue weighted by atomic mass is 16.5. The Morgan fingerprint density at radius 1 is 1.28 bits per heavy atom. The summed E-state index contributed by atoms with van der Waals surface area (Å²) in [5, 5.41) is 0. The van der Waals surface area contributed by atoms with E-state index >= 15 is 0 Å². The third kappa shape index (κ3) is 3.40. The van der Waals surface area contributed by atoms with Crippen LogP contribution in [-0.4, -0.2) is 58.4 Å². The number of hydrogen-bond acceptors (Lipinski definition) is 4. The van der Waals surface area contributed by atoms with E-state index in [4.69, 9.17) is 4.74 Å². The zero-order valence-corrected chi connectivity index (χ0v) is 14.5. The van der Waals surface area contributed by atoms with E-state index in [9.17, 15) is 9.59 Å². The largest absolute Gasteiger partial charge is 0.374 e. The summed E-state index contributed by atoms with van der Waals surface area (Å²) in [6, 6.07) is 5.90. The lowest BCUT2D eigenvalue weighted by Crippen LogP contribution is -2.56. The minimum Gasteiger partial charge on any atom is -0.374 e. The van der Waals surface area contributed by atoms with E-state index in [1.807, 2.05) is 23.1 Å². The molecule has 1 aliphatic carbocycles. The average molecular weight is 343 g/mol. The maximum atomic E-state index is 13.1. The van der Waals surface area contributed by atoms with Crippen molar-refractivity contribution in [3.05, 3.63) is 30.1 Å². The number of rotatable bonds is 3. The Bertz CT molecular complexity index is 634. The monoisotopic (exact) mass is 343 g/mol. The first-order valence-corrected chi connectivity index (χ1v) is 9.32. The zero-order chi connectivity index (χ0) is 17.2. The van der Waals surface area contributed by atoms with Gasteiger partial charge in [-0.3, -0.25) is 14.6 Å². The molecule has 0 spiro atoms. The molecular formula is C19H25N3O3. The number of amides is 2. The van der Waals surface area contributed by atoms with E-state index in [0.29, 0.717) is 32.7 Å². The van der Waals surface area contributed by atoms with Crippen molar-refractivity contribution >= 4 is 11.8 Å². The molecule has 3 heterocycles. The van der Waals surface area contributed by atoms with Gasteiger partial charge in [0.2, 0.25) is 11.8 Å². The van der Waals surface area contributed by atoms with E-state index in [-0.39, 0.29) is 29.9 Å². The van der Waals surface area contributed by atoms with Gasteiger partial charge in [0.15, 0.2) is 0 Å². The van der Waals surface area contributed by atoms with Gasteiger partial charge in [-0.15, -0.1) is 0 Å². The van der Waals surface area contributed by atoms with Gasteiger partial charge in [0.05, 0.1) is 36.9 Å². The summed E-state index contributed by atoms with van der Waals surface area (Å²) in [6.07, 6.45) is 6.65. The highest BCUT2D eigenvalue weighted by Gasteiger charge is 2.42. The minimum atomic E-state index is -0.225. The summed E-state index contributed by atoms with van der Waals surface area (Å²) in [5.74, 6) is -0.0357. The molecule has 0 N–H and O–H groups in total. The van der Waals surface area contributed by atoms with Gasteiger partial charge in [0.1, 0.15) is 0 Å². The highest BCUT2D eigenvalue weighted by molar-refractivity contribution is 5.89. The van der Waals surface area contributed by atoms with Crippen LogP contribution in [-0.2, 0) is 20.9 Å². The van der Waals surface area contributed by atoms with Crippen LogP contribution in [0.5, 0.6) is 0 Å². The van der Waals surface area contributed by atoms with Gasteiger partial charge in [-0.05, 0) is 25.0 Å². The maximum Gasteiger partial charge on any atom is 0.228 e. The first kappa shape index (κ1) is 16.5. The van der Waals surface area contributed by atoms with Crippen molar-refractivity contribution in [3.8, 4) is 0 Å². The van der Waals surface area contributed by atoms with Crippen molar-refractivity contribution in [2.45, 2.75) is 50.8 Å². The molecule has 134 valence electrons. The summed E-state index contributed by atoms with van der Waals surface area (Å²) >= 11 is 0. The molecule has 3 fully saturated rings. The predicted octanol–water partition coefficient (Wildman–Crippen LogP) is 1.60. The molecule has 1 saturated carbocycles. The standard InChI is InChI=1S/C19H25N3O3/c23-18-11-14(12-21(18)13-15-5-3-4-8-20-15)19(24)22-9-10-25-17-7-2-1-6-16(17)22/h3-5,8,14,16-17H,1-2,6-7,9-13H2/t14-,16-,17+/m0/s1. The van der Waals surface area contributed by atoms with Crippen LogP contribution in [0.3, 0.4) is 0 Å². The van der Waals surface area contributed by atoms with Crippen molar-refractivity contribution in [2.24, 2.45) is 5.92 Å². The van der Waals surface area contributed by atoms with Crippen LogP contribution in [0.1, 0.15) is 37.8 Å². The van der Waals surface area contributed by atoms with E-state index in [0.717, 1.165) is 25.0 Å². The van der Waals surface area contributed by atoms with Crippen molar-refractivity contribution in [2.75, 3.05) is 19.7 Å². The molecule has 0 aromatic carbocycles. The summed E-state index contributed by atoms with van der Waals surface area (Å²) in [4.78, 5) is 33.5. The highest BCUT2D eigenvalue weighted by Crippen LogP contribution is 2.31. The SMILES string of the molecule is O=C1C[C@H](C(=O)N2CCO[C@@H]3CCCC[C@@H]32)CN1Cc1ccccn1. The summed E-state index contributed by atoms with van der Waals surface area (Å²) in [7, 11) is 0. The fourth-order valence-electron chi connectivity index (χ4n) is 4.38. The third-order valence-corrected chi connectivity index (χ3v) is 5.66. The Labute approximate surface area is 148 Å². The second-order valence-electron chi connectivity index (χ2n) is 7.29. The maximum absolute atomic E-state index is 13.1. The molecule has 2 aliphatic heterocycles. The number of hydrogen-bond donors (Lipinski definition) is 0. The zero-order valence-electron chi connectivity index (χ0n) is 14.5. The molecule has 2 saturated heterocycles. The number of morpholine rings is 1. The second kappa shape index (κ2) is 7.12. The Balaban J connectivity index is 1.41. The molecule has 6 heteroatoms. The van der Waals surface area contributed by atoms with Crippen molar-refractivity contribution in [3.63, 3.8) is 0 Å². The van der Waals surface area contributed by atoms with E-state index < -0.39 is 0 Å². The van der Waals surface area contributed by atoms with Gasteiger partial charge in [-0.2, -0.15) is 0 Å². The average Bonchev–Trinajstić information content (AvgIpc) is 3.02. The molecule has 1 aromatic rings. The minimum absolute atomic E-state index is 0.0532. The van der Waals surface area contributed by atoms with Crippen LogP contribution in [0.15, 0.2) is 24.4 Å². The van der Waals surface area contributed by atoms with Crippen LogP contribution in [0.2, 0.25) is 0 Å². The number of aromatic nitrogens is 1.